The van der Waals surface area contributed by atoms with Crippen molar-refractivity contribution in [3.05, 3.63) is 14.6 Å². The van der Waals surface area contributed by atoms with E-state index in [0.717, 1.165) is 47.4 Å². The van der Waals surface area contributed by atoms with Gasteiger partial charge in [0, 0.05) is 20.1 Å². The lowest BCUT2D eigenvalue weighted by Gasteiger charge is -2.25. The molecule has 0 aromatic heterocycles. The van der Waals surface area contributed by atoms with Crippen molar-refractivity contribution in [3.63, 3.8) is 0 Å². The Bertz CT molecular complexity index is 450. The normalized spacial score (nSPS) is 11.4. The SMILES string of the molecule is CCc1c(N(C)CCOCCN(C)C)c(=S)c1=S. The molecule has 102 valence electrons. The van der Waals surface area contributed by atoms with Crippen LogP contribution in [0, 0.1) is 9.02 Å². The van der Waals surface area contributed by atoms with Crippen LogP contribution in [-0.2, 0) is 11.2 Å². The maximum Gasteiger partial charge on any atom is 0.0798 e. The molecule has 0 fully saturated rings. The summed E-state index contributed by atoms with van der Waals surface area (Å²) < 4.78 is 7.31. The van der Waals surface area contributed by atoms with Gasteiger partial charge in [0.15, 0.2) is 0 Å². The quantitative estimate of drug-likeness (QED) is 0.537. The van der Waals surface area contributed by atoms with Crippen LogP contribution in [0.2, 0.25) is 0 Å². The van der Waals surface area contributed by atoms with Crippen LogP contribution in [0.3, 0.4) is 0 Å². The van der Waals surface area contributed by atoms with E-state index in [1.807, 2.05) is 21.1 Å². The molecule has 0 saturated heterocycles. The lowest BCUT2D eigenvalue weighted by molar-refractivity contribution is 0.123. The molecule has 1 aromatic carbocycles. The zero-order valence-corrected chi connectivity index (χ0v) is 13.3. The molecule has 0 bridgehead atoms. The Hall–Kier alpha value is -0.360. The molecular weight excluding hydrogens is 264 g/mol. The van der Waals surface area contributed by atoms with E-state index >= 15 is 0 Å². The number of hydrogen-bond donors (Lipinski definition) is 0. The molecule has 5 heteroatoms. The fraction of sp³-hybridized carbons (Fsp3) is 0.692. The molecular formula is C13H22N2OS2. The van der Waals surface area contributed by atoms with Gasteiger partial charge in [-0.3, -0.25) is 0 Å². The van der Waals surface area contributed by atoms with Crippen LogP contribution in [0.1, 0.15) is 12.5 Å². The molecule has 0 saturated carbocycles. The Balaban J connectivity index is 2.37. The minimum absolute atomic E-state index is 0.722. The first-order valence-corrected chi connectivity index (χ1v) is 7.06. The second-order valence-corrected chi connectivity index (χ2v) is 5.49. The largest absolute Gasteiger partial charge is 0.378 e. The zero-order chi connectivity index (χ0) is 13.7. The number of likely N-dealkylation sites (N-methyl/N-ethyl adjacent to an activating group) is 2. The Kier molecular flexibility index (Phi) is 6.35. The highest BCUT2D eigenvalue weighted by Crippen LogP contribution is 2.29. The van der Waals surface area contributed by atoms with Crippen molar-refractivity contribution in [2.45, 2.75) is 13.3 Å². The maximum absolute atomic E-state index is 5.58. The lowest BCUT2D eigenvalue weighted by Crippen LogP contribution is -2.27. The zero-order valence-electron chi connectivity index (χ0n) is 11.7. The summed E-state index contributed by atoms with van der Waals surface area (Å²) in [6.45, 7) is 5.42. The van der Waals surface area contributed by atoms with Gasteiger partial charge in [-0.05, 0) is 26.1 Å². The van der Waals surface area contributed by atoms with Crippen molar-refractivity contribution in [2.75, 3.05) is 52.3 Å². The topological polar surface area (TPSA) is 15.7 Å². The van der Waals surface area contributed by atoms with E-state index in [1.165, 1.54) is 5.56 Å². The standard InChI is InChI=1S/C13H22N2OS2/c1-5-10-11(13(18)12(10)17)15(4)7-9-16-8-6-14(2)3/h5-9H2,1-4H3. The molecule has 0 radical (unpaired) electrons. The van der Waals surface area contributed by atoms with Crippen molar-refractivity contribution in [2.24, 2.45) is 0 Å². The predicted molar refractivity (Wildman–Crippen MR) is 82.5 cm³/mol. The highest BCUT2D eigenvalue weighted by molar-refractivity contribution is 7.74. The third kappa shape index (κ3) is 3.82. The van der Waals surface area contributed by atoms with Gasteiger partial charge < -0.3 is 14.5 Å². The highest BCUT2D eigenvalue weighted by atomic mass is 32.1. The molecule has 1 rings (SSSR count). The van der Waals surface area contributed by atoms with Gasteiger partial charge in [-0.15, -0.1) is 0 Å². The first kappa shape index (κ1) is 15.7. The van der Waals surface area contributed by atoms with Gasteiger partial charge in [-0.25, -0.2) is 0 Å². The molecule has 0 aliphatic heterocycles. The Morgan fingerprint density at radius 3 is 2.17 bits per heavy atom. The van der Waals surface area contributed by atoms with Crippen LogP contribution in [-0.4, -0.2) is 52.3 Å². The molecule has 0 heterocycles. The molecule has 18 heavy (non-hydrogen) atoms. The third-order valence-corrected chi connectivity index (χ3v) is 3.95. The van der Waals surface area contributed by atoms with Gasteiger partial charge in [0.05, 0.1) is 27.9 Å². The van der Waals surface area contributed by atoms with Gasteiger partial charge in [0.1, 0.15) is 0 Å². The first-order valence-electron chi connectivity index (χ1n) is 6.24. The highest BCUT2D eigenvalue weighted by Gasteiger charge is 2.16. The summed E-state index contributed by atoms with van der Waals surface area (Å²) >= 11 is 10.5. The van der Waals surface area contributed by atoms with Gasteiger partial charge in [0.2, 0.25) is 0 Å². The van der Waals surface area contributed by atoms with E-state index in [2.05, 4.69) is 16.7 Å². The summed E-state index contributed by atoms with van der Waals surface area (Å²) in [7, 11) is 6.14. The summed E-state index contributed by atoms with van der Waals surface area (Å²) in [6, 6.07) is 0. The Labute approximate surface area is 120 Å². The molecule has 0 amide bonds. The van der Waals surface area contributed by atoms with E-state index in [0.29, 0.717) is 0 Å². The van der Waals surface area contributed by atoms with E-state index in [-0.39, 0.29) is 0 Å². The number of ether oxygens (including phenoxy) is 1. The number of anilines is 1. The van der Waals surface area contributed by atoms with Crippen molar-refractivity contribution in [1.29, 1.82) is 0 Å². The summed E-state index contributed by atoms with van der Waals surface area (Å²) in [5.41, 5.74) is 2.37. The van der Waals surface area contributed by atoms with Gasteiger partial charge in [-0.2, -0.15) is 0 Å². The molecule has 0 atom stereocenters. The van der Waals surface area contributed by atoms with Crippen LogP contribution in [0.5, 0.6) is 0 Å². The monoisotopic (exact) mass is 286 g/mol. The van der Waals surface area contributed by atoms with Crippen molar-refractivity contribution in [1.82, 2.24) is 4.90 Å². The Morgan fingerprint density at radius 2 is 1.61 bits per heavy atom. The van der Waals surface area contributed by atoms with Crippen molar-refractivity contribution in [3.8, 4) is 0 Å². The molecule has 1 aromatic rings. The molecule has 3 nitrogen and oxygen atoms in total. The molecule has 0 spiro atoms. The maximum atomic E-state index is 5.58. The van der Waals surface area contributed by atoms with Crippen LogP contribution in [0.15, 0.2) is 0 Å². The van der Waals surface area contributed by atoms with E-state index < -0.39 is 0 Å². The average Bonchev–Trinajstić information content (AvgIpc) is 2.33. The minimum atomic E-state index is 0.722. The molecule has 0 unspecified atom stereocenters. The van der Waals surface area contributed by atoms with Crippen LogP contribution < -0.4 is 4.90 Å². The van der Waals surface area contributed by atoms with Crippen LogP contribution in [0.4, 0.5) is 5.69 Å². The predicted octanol–water partition coefficient (Wildman–Crippen LogP) is 2.60. The fourth-order valence-electron chi connectivity index (χ4n) is 1.82. The second-order valence-electron chi connectivity index (χ2n) is 4.68. The Morgan fingerprint density at radius 1 is 1.00 bits per heavy atom. The smallest absolute Gasteiger partial charge is 0.0798 e. The molecule has 0 aliphatic carbocycles. The van der Waals surface area contributed by atoms with Gasteiger partial charge in [-0.1, -0.05) is 31.4 Å². The van der Waals surface area contributed by atoms with Gasteiger partial charge in [0.25, 0.3) is 0 Å². The third-order valence-electron chi connectivity index (χ3n) is 2.97. The second kappa shape index (κ2) is 7.28. The fourth-order valence-corrected chi connectivity index (χ4v) is 2.56. The summed E-state index contributed by atoms with van der Waals surface area (Å²) in [4.78, 5) is 4.27. The van der Waals surface area contributed by atoms with Crippen molar-refractivity contribution >= 4 is 30.1 Å². The summed E-state index contributed by atoms with van der Waals surface area (Å²) in [5, 5.41) is 0. The van der Waals surface area contributed by atoms with Gasteiger partial charge >= 0.3 is 0 Å². The van der Waals surface area contributed by atoms with Crippen LogP contribution >= 0.6 is 24.4 Å². The average molecular weight is 286 g/mol. The molecule has 0 N–H and O–H groups in total. The number of hydrogen-bond acceptors (Lipinski definition) is 5. The number of nitrogens with zero attached hydrogens (tertiary/aromatic N) is 2. The lowest BCUT2D eigenvalue weighted by atomic mass is 10.1. The van der Waals surface area contributed by atoms with Crippen LogP contribution in [0.25, 0.3) is 0 Å². The van der Waals surface area contributed by atoms with Crippen molar-refractivity contribution < 1.29 is 4.74 Å². The minimum Gasteiger partial charge on any atom is -0.378 e. The molecule has 0 aliphatic rings. The van der Waals surface area contributed by atoms with E-state index in [1.54, 1.807) is 0 Å². The number of rotatable bonds is 8. The van der Waals surface area contributed by atoms with E-state index in [4.69, 9.17) is 29.2 Å². The first-order chi connectivity index (χ1) is 8.49. The van der Waals surface area contributed by atoms with E-state index in [9.17, 15) is 0 Å². The summed E-state index contributed by atoms with van der Waals surface area (Å²) in [6.07, 6.45) is 0.958. The summed E-state index contributed by atoms with van der Waals surface area (Å²) in [5.74, 6) is 0.